The highest BCUT2D eigenvalue weighted by Crippen LogP contribution is 2.26. The fraction of sp³-hybridized carbons (Fsp3) is 0.692. The Hall–Kier alpha value is -1.07. The number of aryl methyl sites for hydroxylation is 3. The maximum Gasteiger partial charge on any atom is 0.158 e. The van der Waals surface area contributed by atoms with Crippen LogP contribution in [-0.2, 0) is 24.8 Å². The molecule has 0 bridgehead atoms. The van der Waals surface area contributed by atoms with Gasteiger partial charge in [-0.3, -0.25) is 4.68 Å². The zero-order valence-corrected chi connectivity index (χ0v) is 12.7. The molecular weight excluding hydrogens is 264 g/mol. The third-order valence-electron chi connectivity index (χ3n) is 3.24. The number of rotatable bonds is 6. The first kappa shape index (κ1) is 14.3. The molecular formula is C13H21ClN4O. The first-order chi connectivity index (χ1) is 9.10. The fourth-order valence-electron chi connectivity index (χ4n) is 2.39. The van der Waals surface area contributed by atoms with Crippen LogP contribution in [-0.4, -0.2) is 33.0 Å². The van der Waals surface area contributed by atoms with Crippen LogP contribution in [0.5, 0.6) is 0 Å². The summed E-state index contributed by atoms with van der Waals surface area (Å²) in [7, 11) is 3.67. The molecule has 0 spiro atoms. The maximum absolute atomic E-state index is 6.25. The van der Waals surface area contributed by atoms with Crippen molar-refractivity contribution < 1.29 is 4.74 Å². The Bertz CT molecular complexity index is 558. The van der Waals surface area contributed by atoms with Crippen LogP contribution in [0.3, 0.4) is 0 Å². The van der Waals surface area contributed by atoms with Gasteiger partial charge >= 0.3 is 0 Å². The summed E-state index contributed by atoms with van der Waals surface area (Å²) in [6.07, 6.45) is 1.81. The van der Waals surface area contributed by atoms with E-state index in [4.69, 9.17) is 16.3 Å². The number of fused-ring (bicyclic) bond motifs is 1. The van der Waals surface area contributed by atoms with E-state index in [9.17, 15) is 0 Å². The van der Waals surface area contributed by atoms with Crippen molar-refractivity contribution in [3.05, 3.63) is 11.5 Å². The van der Waals surface area contributed by atoms with Gasteiger partial charge in [-0.1, -0.05) is 6.92 Å². The van der Waals surface area contributed by atoms with E-state index < -0.39 is 0 Å². The maximum atomic E-state index is 6.25. The Morgan fingerprint density at radius 2 is 2.16 bits per heavy atom. The molecule has 1 unspecified atom stereocenters. The van der Waals surface area contributed by atoms with E-state index in [2.05, 4.69) is 21.6 Å². The van der Waals surface area contributed by atoms with E-state index in [1.807, 2.05) is 18.7 Å². The molecule has 2 aromatic rings. The van der Waals surface area contributed by atoms with Crippen LogP contribution in [0.25, 0.3) is 11.2 Å². The monoisotopic (exact) mass is 284 g/mol. The van der Waals surface area contributed by atoms with Gasteiger partial charge in [0.25, 0.3) is 0 Å². The van der Waals surface area contributed by atoms with E-state index in [-0.39, 0.29) is 5.38 Å². The second-order valence-corrected chi connectivity index (χ2v) is 5.33. The summed E-state index contributed by atoms with van der Waals surface area (Å²) in [4.78, 5) is 4.69. The Morgan fingerprint density at radius 3 is 2.74 bits per heavy atom. The normalized spacial score (nSPS) is 13.3. The first-order valence-electron chi connectivity index (χ1n) is 6.65. The minimum atomic E-state index is -0.111. The molecule has 0 aliphatic rings. The highest BCUT2D eigenvalue weighted by molar-refractivity contribution is 6.20. The van der Waals surface area contributed by atoms with E-state index in [0.717, 1.165) is 48.7 Å². The molecule has 1 atom stereocenters. The van der Waals surface area contributed by atoms with Gasteiger partial charge in [0, 0.05) is 27.3 Å². The lowest BCUT2D eigenvalue weighted by Gasteiger charge is -2.10. The van der Waals surface area contributed by atoms with Gasteiger partial charge in [0.05, 0.1) is 11.1 Å². The second-order valence-electron chi connectivity index (χ2n) is 4.68. The summed E-state index contributed by atoms with van der Waals surface area (Å²) in [5.74, 6) is 0.912. The van der Waals surface area contributed by atoms with Crippen LogP contribution in [0.2, 0.25) is 0 Å². The average molecular weight is 285 g/mol. The fourth-order valence-corrected chi connectivity index (χ4v) is 2.55. The number of imidazole rings is 1. The average Bonchev–Trinajstić information content (AvgIpc) is 2.89. The van der Waals surface area contributed by atoms with Crippen LogP contribution >= 0.6 is 11.6 Å². The minimum Gasteiger partial charge on any atom is -0.385 e. The lowest BCUT2D eigenvalue weighted by atomic mass is 10.3. The van der Waals surface area contributed by atoms with Crippen molar-refractivity contribution in [3.63, 3.8) is 0 Å². The van der Waals surface area contributed by atoms with Crippen LogP contribution in [0, 0.1) is 0 Å². The molecule has 19 heavy (non-hydrogen) atoms. The molecule has 2 heterocycles. The number of aromatic nitrogens is 4. The molecule has 106 valence electrons. The number of nitrogens with zero attached hydrogens (tertiary/aromatic N) is 4. The zero-order valence-electron chi connectivity index (χ0n) is 12.0. The van der Waals surface area contributed by atoms with E-state index >= 15 is 0 Å². The lowest BCUT2D eigenvalue weighted by Crippen LogP contribution is -2.09. The Balaban J connectivity index is 2.49. The summed E-state index contributed by atoms with van der Waals surface area (Å²) >= 11 is 6.25. The largest absolute Gasteiger partial charge is 0.385 e. The molecule has 0 aliphatic heterocycles. The molecule has 0 aliphatic carbocycles. The van der Waals surface area contributed by atoms with Crippen molar-refractivity contribution in [1.29, 1.82) is 0 Å². The zero-order chi connectivity index (χ0) is 14.0. The minimum absolute atomic E-state index is 0.111. The van der Waals surface area contributed by atoms with E-state index in [1.165, 1.54) is 0 Å². The summed E-state index contributed by atoms with van der Waals surface area (Å²) in [5.41, 5.74) is 3.06. The van der Waals surface area contributed by atoms with Gasteiger partial charge in [0.2, 0.25) is 0 Å². The smallest absolute Gasteiger partial charge is 0.158 e. The molecule has 5 nitrogen and oxygen atoms in total. The SMILES string of the molecule is CCc1nn(C)c2c1nc(C(C)Cl)n2CCCOC. The molecule has 2 aromatic heterocycles. The number of hydrogen-bond donors (Lipinski definition) is 0. The number of alkyl halides is 1. The summed E-state index contributed by atoms with van der Waals surface area (Å²) in [6.45, 7) is 5.62. The van der Waals surface area contributed by atoms with Crippen LogP contribution in [0.1, 0.15) is 37.2 Å². The van der Waals surface area contributed by atoms with Crippen LogP contribution in [0.15, 0.2) is 0 Å². The molecule has 0 amide bonds. The molecule has 2 rings (SSSR count). The molecule has 0 fully saturated rings. The van der Waals surface area contributed by atoms with Crippen molar-refractivity contribution in [3.8, 4) is 0 Å². The summed E-state index contributed by atoms with van der Waals surface area (Å²) in [6, 6.07) is 0. The van der Waals surface area contributed by atoms with Crippen LogP contribution in [0.4, 0.5) is 0 Å². The number of methoxy groups -OCH3 is 1. The van der Waals surface area contributed by atoms with Gasteiger partial charge in [0.1, 0.15) is 11.3 Å². The molecule has 0 saturated heterocycles. The highest BCUT2D eigenvalue weighted by Gasteiger charge is 2.20. The molecule has 0 saturated carbocycles. The first-order valence-corrected chi connectivity index (χ1v) is 7.08. The van der Waals surface area contributed by atoms with Crippen molar-refractivity contribution in [2.24, 2.45) is 7.05 Å². The van der Waals surface area contributed by atoms with E-state index in [1.54, 1.807) is 7.11 Å². The number of hydrogen-bond acceptors (Lipinski definition) is 3. The van der Waals surface area contributed by atoms with Gasteiger partial charge in [-0.15, -0.1) is 11.6 Å². The third-order valence-corrected chi connectivity index (χ3v) is 3.44. The Kier molecular flexibility index (Phi) is 4.47. The third kappa shape index (κ3) is 2.62. The predicted molar refractivity (Wildman–Crippen MR) is 76.6 cm³/mol. The summed E-state index contributed by atoms with van der Waals surface area (Å²) in [5, 5.41) is 4.41. The summed E-state index contributed by atoms with van der Waals surface area (Å²) < 4.78 is 9.18. The number of halogens is 1. The quantitative estimate of drug-likeness (QED) is 0.605. The molecule has 6 heteroatoms. The van der Waals surface area contributed by atoms with Gasteiger partial charge in [0.15, 0.2) is 5.65 Å². The van der Waals surface area contributed by atoms with Crippen molar-refractivity contribution >= 4 is 22.8 Å². The van der Waals surface area contributed by atoms with Crippen molar-refractivity contribution in [1.82, 2.24) is 19.3 Å². The van der Waals surface area contributed by atoms with Gasteiger partial charge in [-0.25, -0.2) is 4.98 Å². The predicted octanol–water partition coefficient (Wildman–Crippen LogP) is 2.67. The van der Waals surface area contributed by atoms with Crippen LogP contribution < -0.4 is 0 Å². The highest BCUT2D eigenvalue weighted by atomic mass is 35.5. The standard InChI is InChI=1S/C13H21ClN4O/c1-5-10-11-13(17(3)16-10)18(7-6-8-19-4)12(15-11)9(2)14/h9H,5-8H2,1-4H3. The number of ether oxygens (including phenoxy) is 1. The topological polar surface area (TPSA) is 44.9 Å². The van der Waals surface area contributed by atoms with Crippen molar-refractivity contribution in [2.75, 3.05) is 13.7 Å². The molecule has 0 radical (unpaired) electrons. The van der Waals surface area contributed by atoms with Gasteiger partial charge in [-0.05, 0) is 19.8 Å². The lowest BCUT2D eigenvalue weighted by molar-refractivity contribution is 0.190. The Labute approximate surface area is 118 Å². The molecule has 0 N–H and O–H groups in total. The van der Waals surface area contributed by atoms with Gasteiger partial charge < -0.3 is 9.30 Å². The van der Waals surface area contributed by atoms with Gasteiger partial charge in [-0.2, -0.15) is 5.10 Å². The van der Waals surface area contributed by atoms with Crippen molar-refractivity contribution in [2.45, 2.75) is 38.6 Å². The van der Waals surface area contributed by atoms with E-state index in [0.29, 0.717) is 0 Å². The Morgan fingerprint density at radius 1 is 1.42 bits per heavy atom. The second kappa shape index (κ2) is 5.92. The molecule has 0 aromatic carbocycles.